The third kappa shape index (κ3) is 1.89. The molecular weight excluding hydrogens is 194 g/mol. The van der Waals surface area contributed by atoms with Crippen molar-refractivity contribution in [2.45, 2.75) is 19.9 Å². The Hall–Kier alpha value is -1.69. The van der Waals surface area contributed by atoms with Crippen LogP contribution in [0.1, 0.15) is 12.6 Å². The minimum absolute atomic E-state index is 0.133. The van der Waals surface area contributed by atoms with Crippen LogP contribution in [0.5, 0.6) is 0 Å². The van der Waals surface area contributed by atoms with E-state index in [4.69, 9.17) is 10.2 Å². The summed E-state index contributed by atoms with van der Waals surface area (Å²) in [5, 5.41) is 3.09. The Labute approximate surface area is 86.9 Å². The lowest BCUT2D eigenvalue weighted by Crippen LogP contribution is -2.26. The zero-order valence-corrected chi connectivity index (χ0v) is 8.69. The number of hydrogen-bond donors (Lipinski definition) is 2. The lowest BCUT2D eigenvalue weighted by atomic mass is 10.3. The van der Waals surface area contributed by atoms with Crippen LogP contribution < -0.4 is 11.1 Å². The number of nitrogens with zero attached hydrogens (tertiary/aromatic N) is 3. The van der Waals surface area contributed by atoms with Crippen molar-refractivity contribution in [2.75, 3.05) is 11.9 Å². The average molecular weight is 207 g/mol. The van der Waals surface area contributed by atoms with E-state index in [-0.39, 0.29) is 6.04 Å². The molecule has 0 spiro atoms. The highest BCUT2D eigenvalue weighted by atomic mass is 16.3. The maximum Gasteiger partial charge on any atom is 0.225 e. The Bertz CT molecular complexity index is 466. The summed E-state index contributed by atoms with van der Waals surface area (Å²) >= 11 is 0. The normalized spacial score (nSPS) is 13.0. The molecule has 0 fully saturated rings. The third-order valence-electron chi connectivity index (χ3n) is 2.09. The Morgan fingerprint density at radius 2 is 2.33 bits per heavy atom. The van der Waals surface area contributed by atoms with Crippen LogP contribution in [0.25, 0.3) is 11.2 Å². The van der Waals surface area contributed by atoms with Gasteiger partial charge >= 0.3 is 0 Å². The molecule has 0 saturated heterocycles. The number of rotatable bonds is 3. The third-order valence-corrected chi connectivity index (χ3v) is 2.09. The van der Waals surface area contributed by atoms with E-state index in [1.54, 1.807) is 0 Å². The van der Waals surface area contributed by atoms with E-state index in [0.717, 1.165) is 5.69 Å². The summed E-state index contributed by atoms with van der Waals surface area (Å²) in [4.78, 5) is 12.4. The van der Waals surface area contributed by atoms with E-state index in [1.165, 1.54) is 6.39 Å². The van der Waals surface area contributed by atoms with Gasteiger partial charge in [-0.3, -0.25) is 0 Å². The SMILES string of the molecule is Cc1nc(NC(C)CN)nc2ncoc12. The molecule has 0 aliphatic heterocycles. The molecule has 0 amide bonds. The number of oxazole rings is 1. The molecular formula is C9H13N5O. The van der Waals surface area contributed by atoms with Gasteiger partial charge in [0, 0.05) is 12.6 Å². The lowest BCUT2D eigenvalue weighted by Gasteiger charge is -2.10. The van der Waals surface area contributed by atoms with Crippen molar-refractivity contribution in [3.8, 4) is 0 Å². The van der Waals surface area contributed by atoms with Gasteiger partial charge in [0.1, 0.15) is 0 Å². The Kier molecular flexibility index (Phi) is 2.51. The summed E-state index contributed by atoms with van der Waals surface area (Å²) in [5.74, 6) is 0.534. The van der Waals surface area contributed by atoms with E-state index in [9.17, 15) is 0 Å². The first-order chi connectivity index (χ1) is 7.20. The van der Waals surface area contributed by atoms with Crippen molar-refractivity contribution in [2.24, 2.45) is 5.73 Å². The van der Waals surface area contributed by atoms with E-state index in [2.05, 4.69) is 20.3 Å². The van der Waals surface area contributed by atoms with Crippen molar-refractivity contribution >= 4 is 17.2 Å². The second kappa shape index (κ2) is 3.82. The highest BCUT2D eigenvalue weighted by Crippen LogP contribution is 2.15. The Morgan fingerprint density at radius 3 is 3.07 bits per heavy atom. The molecule has 0 bridgehead atoms. The summed E-state index contributed by atoms with van der Waals surface area (Å²) < 4.78 is 5.15. The van der Waals surface area contributed by atoms with Crippen molar-refractivity contribution < 1.29 is 4.42 Å². The van der Waals surface area contributed by atoms with E-state index < -0.39 is 0 Å². The molecule has 15 heavy (non-hydrogen) atoms. The van der Waals surface area contributed by atoms with Crippen LogP contribution in [0.4, 0.5) is 5.95 Å². The fourth-order valence-electron chi connectivity index (χ4n) is 1.25. The van der Waals surface area contributed by atoms with Gasteiger partial charge in [-0.2, -0.15) is 9.97 Å². The topological polar surface area (TPSA) is 89.9 Å². The van der Waals surface area contributed by atoms with Crippen LogP contribution in [-0.2, 0) is 0 Å². The second-order valence-electron chi connectivity index (χ2n) is 3.42. The first-order valence-electron chi connectivity index (χ1n) is 4.75. The van der Waals surface area contributed by atoms with Gasteiger partial charge in [-0.15, -0.1) is 0 Å². The minimum Gasteiger partial charge on any atom is -0.440 e. The van der Waals surface area contributed by atoms with Crippen LogP contribution >= 0.6 is 0 Å². The van der Waals surface area contributed by atoms with Gasteiger partial charge in [-0.05, 0) is 13.8 Å². The maximum absolute atomic E-state index is 5.50. The number of anilines is 1. The predicted molar refractivity (Wildman–Crippen MR) is 56.5 cm³/mol. The second-order valence-corrected chi connectivity index (χ2v) is 3.42. The molecule has 3 N–H and O–H groups in total. The highest BCUT2D eigenvalue weighted by molar-refractivity contribution is 5.71. The molecule has 0 aromatic carbocycles. The molecule has 2 rings (SSSR count). The predicted octanol–water partition coefficient (Wildman–Crippen LogP) is 0.685. The maximum atomic E-state index is 5.50. The van der Waals surface area contributed by atoms with Gasteiger partial charge in [0.2, 0.25) is 11.6 Å². The van der Waals surface area contributed by atoms with Crippen LogP contribution in [-0.4, -0.2) is 27.5 Å². The number of nitrogens with one attached hydrogen (secondary N) is 1. The zero-order valence-electron chi connectivity index (χ0n) is 8.69. The zero-order chi connectivity index (χ0) is 10.8. The average Bonchev–Trinajstić information content (AvgIpc) is 2.66. The number of nitrogens with two attached hydrogens (primary N) is 1. The summed E-state index contributed by atoms with van der Waals surface area (Å²) in [6.07, 6.45) is 1.36. The van der Waals surface area contributed by atoms with Crippen LogP contribution in [0.2, 0.25) is 0 Å². The molecule has 2 aromatic rings. The molecule has 80 valence electrons. The first kappa shape index (κ1) is 9.85. The van der Waals surface area contributed by atoms with Crippen LogP contribution in [0.15, 0.2) is 10.8 Å². The van der Waals surface area contributed by atoms with Gasteiger partial charge in [-0.25, -0.2) is 4.98 Å². The molecule has 1 atom stereocenters. The molecule has 0 aliphatic rings. The number of aryl methyl sites for hydroxylation is 1. The fourth-order valence-corrected chi connectivity index (χ4v) is 1.25. The highest BCUT2D eigenvalue weighted by Gasteiger charge is 2.09. The molecule has 0 radical (unpaired) electrons. The van der Waals surface area contributed by atoms with Gasteiger partial charge in [0.15, 0.2) is 12.0 Å². The molecule has 1 unspecified atom stereocenters. The standard InChI is InChI=1S/C9H13N5O/c1-5(3-10)12-9-13-6(2)7-8(14-9)11-4-15-7/h4-5H,3,10H2,1-2H3,(H,12,13,14). The van der Waals surface area contributed by atoms with Crippen molar-refractivity contribution in [1.29, 1.82) is 0 Å². The monoisotopic (exact) mass is 207 g/mol. The molecule has 0 saturated carbocycles. The molecule has 0 aliphatic carbocycles. The van der Waals surface area contributed by atoms with Crippen molar-refractivity contribution in [3.63, 3.8) is 0 Å². The van der Waals surface area contributed by atoms with E-state index >= 15 is 0 Å². The van der Waals surface area contributed by atoms with Gasteiger partial charge in [-0.1, -0.05) is 0 Å². The number of hydrogen-bond acceptors (Lipinski definition) is 6. The smallest absolute Gasteiger partial charge is 0.225 e. The fraction of sp³-hybridized carbons (Fsp3) is 0.444. The summed E-state index contributed by atoms with van der Waals surface area (Å²) in [5.41, 5.74) is 7.46. The minimum atomic E-state index is 0.133. The van der Waals surface area contributed by atoms with Crippen LogP contribution in [0.3, 0.4) is 0 Å². The van der Waals surface area contributed by atoms with Crippen molar-refractivity contribution in [1.82, 2.24) is 15.0 Å². The lowest BCUT2D eigenvalue weighted by molar-refractivity contribution is 0.597. The Morgan fingerprint density at radius 1 is 1.53 bits per heavy atom. The molecule has 2 aromatic heterocycles. The van der Waals surface area contributed by atoms with Gasteiger partial charge in [0.25, 0.3) is 0 Å². The number of aromatic nitrogens is 3. The number of fused-ring (bicyclic) bond motifs is 1. The van der Waals surface area contributed by atoms with Gasteiger partial charge in [0.05, 0.1) is 5.69 Å². The van der Waals surface area contributed by atoms with E-state index in [1.807, 2.05) is 13.8 Å². The van der Waals surface area contributed by atoms with Gasteiger partial charge < -0.3 is 15.5 Å². The van der Waals surface area contributed by atoms with E-state index in [0.29, 0.717) is 23.7 Å². The summed E-state index contributed by atoms with van der Waals surface area (Å²) in [6, 6.07) is 0.133. The molecule has 6 nitrogen and oxygen atoms in total. The molecule has 6 heteroatoms. The summed E-state index contributed by atoms with van der Waals surface area (Å²) in [6.45, 7) is 4.35. The summed E-state index contributed by atoms with van der Waals surface area (Å²) in [7, 11) is 0. The first-order valence-corrected chi connectivity index (χ1v) is 4.75. The quantitative estimate of drug-likeness (QED) is 0.769. The Balaban J connectivity index is 2.36. The van der Waals surface area contributed by atoms with Crippen LogP contribution in [0, 0.1) is 6.92 Å². The van der Waals surface area contributed by atoms with Crippen molar-refractivity contribution in [3.05, 3.63) is 12.1 Å². The largest absolute Gasteiger partial charge is 0.440 e. The molecule has 2 heterocycles.